The average Bonchev–Trinajstić information content (AvgIpc) is 2.09. The molecule has 1 aromatic carbocycles. The Morgan fingerprint density at radius 3 is 2.75 bits per heavy atom. The van der Waals surface area contributed by atoms with Crippen LogP contribution in [0.25, 0.3) is 0 Å². The highest BCUT2D eigenvalue weighted by atomic mass is 127. The highest BCUT2D eigenvalue weighted by Crippen LogP contribution is 2.30. The fourth-order valence-electron chi connectivity index (χ4n) is 0.860. The van der Waals surface area contributed by atoms with Crippen molar-refractivity contribution in [2.75, 3.05) is 7.11 Å². The molecule has 0 saturated heterocycles. The van der Waals surface area contributed by atoms with Gasteiger partial charge in [-0.15, -0.1) is 0 Å². The third kappa shape index (κ3) is 1.80. The van der Waals surface area contributed by atoms with E-state index in [1.165, 1.54) is 13.2 Å². The molecule has 0 fully saturated rings. The zero-order valence-electron chi connectivity index (χ0n) is 6.47. The summed E-state index contributed by atoms with van der Waals surface area (Å²) in [6.45, 7) is 0. The van der Waals surface area contributed by atoms with Crippen LogP contribution in [0, 0.1) is 5.82 Å². The summed E-state index contributed by atoms with van der Waals surface area (Å²) in [5, 5.41) is 9.12. The van der Waals surface area contributed by atoms with Crippen molar-refractivity contribution in [1.82, 2.24) is 0 Å². The smallest absolute Gasteiger partial charge is 0.194 e. The Bertz CT molecular complexity index is 289. The van der Waals surface area contributed by atoms with Crippen LogP contribution in [0.5, 0.6) is 11.5 Å². The lowest BCUT2D eigenvalue weighted by Gasteiger charge is -2.05. The van der Waals surface area contributed by atoms with Crippen LogP contribution in [0.1, 0.15) is 5.56 Å². The highest BCUT2D eigenvalue weighted by Gasteiger charge is 2.08. The van der Waals surface area contributed by atoms with Crippen molar-refractivity contribution in [3.63, 3.8) is 0 Å². The van der Waals surface area contributed by atoms with Crippen molar-refractivity contribution in [1.29, 1.82) is 0 Å². The van der Waals surface area contributed by atoms with Crippen LogP contribution >= 0.6 is 22.6 Å². The minimum absolute atomic E-state index is 0.182. The summed E-state index contributed by atoms with van der Waals surface area (Å²) in [5.74, 6) is -0.881. The standard InChI is InChI=1S/C8H8FIO2/c1-12-7-3-5(4-10)2-6(9)8(7)11/h2-3,11H,4H2,1H3. The number of hydrogen-bond donors (Lipinski definition) is 1. The quantitative estimate of drug-likeness (QED) is 0.667. The van der Waals surface area contributed by atoms with Crippen molar-refractivity contribution in [2.45, 2.75) is 4.43 Å². The number of benzene rings is 1. The maximum atomic E-state index is 12.9. The topological polar surface area (TPSA) is 29.5 Å². The minimum Gasteiger partial charge on any atom is -0.502 e. The van der Waals surface area contributed by atoms with Crippen molar-refractivity contribution in [3.8, 4) is 11.5 Å². The molecule has 0 radical (unpaired) electrons. The van der Waals surface area contributed by atoms with Gasteiger partial charge in [0, 0.05) is 4.43 Å². The summed E-state index contributed by atoms with van der Waals surface area (Å²) in [6.07, 6.45) is 0. The summed E-state index contributed by atoms with van der Waals surface area (Å²) >= 11 is 2.11. The molecule has 0 saturated carbocycles. The van der Waals surface area contributed by atoms with Gasteiger partial charge >= 0.3 is 0 Å². The Balaban J connectivity index is 3.19. The first kappa shape index (κ1) is 9.57. The van der Waals surface area contributed by atoms with Gasteiger partial charge in [0.1, 0.15) is 0 Å². The fraction of sp³-hybridized carbons (Fsp3) is 0.250. The molecule has 0 aliphatic carbocycles. The molecule has 2 nitrogen and oxygen atoms in total. The molecule has 1 N–H and O–H groups in total. The number of methoxy groups -OCH3 is 1. The van der Waals surface area contributed by atoms with Gasteiger partial charge in [-0.3, -0.25) is 0 Å². The first-order chi connectivity index (χ1) is 5.69. The van der Waals surface area contributed by atoms with Crippen LogP contribution in [0.3, 0.4) is 0 Å². The van der Waals surface area contributed by atoms with Gasteiger partial charge in [0.2, 0.25) is 0 Å². The molecule has 0 bridgehead atoms. The summed E-state index contributed by atoms with van der Waals surface area (Å²) in [7, 11) is 1.39. The van der Waals surface area contributed by atoms with E-state index in [-0.39, 0.29) is 5.75 Å². The van der Waals surface area contributed by atoms with Gasteiger partial charge in [-0.05, 0) is 17.7 Å². The lowest BCUT2D eigenvalue weighted by Crippen LogP contribution is -1.89. The van der Waals surface area contributed by atoms with Crippen LogP contribution in [-0.2, 0) is 4.43 Å². The minimum atomic E-state index is -0.638. The van der Waals surface area contributed by atoms with E-state index in [0.29, 0.717) is 4.43 Å². The van der Waals surface area contributed by atoms with E-state index in [1.54, 1.807) is 6.07 Å². The lowest BCUT2D eigenvalue weighted by molar-refractivity contribution is 0.356. The summed E-state index contributed by atoms with van der Waals surface area (Å²) in [6, 6.07) is 2.91. The molecule has 0 amide bonds. The fourth-order valence-corrected chi connectivity index (χ4v) is 1.30. The van der Waals surface area contributed by atoms with Gasteiger partial charge in [0.15, 0.2) is 17.3 Å². The van der Waals surface area contributed by atoms with Crippen molar-refractivity contribution < 1.29 is 14.2 Å². The number of rotatable bonds is 2. The molecule has 0 aliphatic heterocycles. The van der Waals surface area contributed by atoms with Crippen LogP contribution in [0.15, 0.2) is 12.1 Å². The molecular weight excluding hydrogens is 274 g/mol. The van der Waals surface area contributed by atoms with Crippen molar-refractivity contribution in [3.05, 3.63) is 23.5 Å². The maximum Gasteiger partial charge on any atom is 0.194 e. The number of halogens is 2. The predicted molar refractivity (Wildman–Crippen MR) is 52.3 cm³/mol. The lowest BCUT2D eigenvalue weighted by atomic mass is 10.2. The predicted octanol–water partition coefficient (Wildman–Crippen LogP) is 2.47. The Labute approximate surface area is 83.5 Å². The highest BCUT2D eigenvalue weighted by molar-refractivity contribution is 14.1. The maximum absolute atomic E-state index is 12.9. The molecule has 66 valence electrons. The summed E-state index contributed by atoms with van der Waals surface area (Å²) < 4.78 is 18.3. The Hall–Kier alpha value is -0.520. The number of hydrogen-bond acceptors (Lipinski definition) is 2. The Morgan fingerprint density at radius 2 is 2.25 bits per heavy atom. The second-order valence-electron chi connectivity index (χ2n) is 2.26. The van der Waals surface area contributed by atoms with Crippen LogP contribution in [-0.4, -0.2) is 12.2 Å². The van der Waals surface area contributed by atoms with Crippen LogP contribution in [0.4, 0.5) is 4.39 Å². The molecule has 0 aliphatic rings. The van der Waals surface area contributed by atoms with E-state index in [9.17, 15) is 4.39 Å². The largest absolute Gasteiger partial charge is 0.502 e. The zero-order valence-corrected chi connectivity index (χ0v) is 8.63. The van der Waals surface area contributed by atoms with Gasteiger partial charge in [0.05, 0.1) is 7.11 Å². The van der Waals surface area contributed by atoms with E-state index < -0.39 is 11.6 Å². The first-order valence-corrected chi connectivity index (χ1v) is 4.83. The first-order valence-electron chi connectivity index (χ1n) is 3.30. The van der Waals surface area contributed by atoms with E-state index in [4.69, 9.17) is 9.84 Å². The third-order valence-electron chi connectivity index (χ3n) is 1.46. The Kier molecular flexibility index (Phi) is 3.13. The molecule has 0 aromatic heterocycles. The van der Waals surface area contributed by atoms with E-state index in [0.717, 1.165) is 5.56 Å². The van der Waals surface area contributed by atoms with Gasteiger partial charge in [-0.25, -0.2) is 4.39 Å². The van der Waals surface area contributed by atoms with Gasteiger partial charge in [0.25, 0.3) is 0 Å². The molecule has 1 rings (SSSR count). The molecule has 4 heteroatoms. The summed E-state index contributed by atoms with van der Waals surface area (Å²) in [5.41, 5.74) is 0.794. The molecule has 0 heterocycles. The van der Waals surface area contributed by atoms with Crippen molar-refractivity contribution in [2.24, 2.45) is 0 Å². The van der Waals surface area contributed by atoms with Gasteiger partial charge in [-0.2, -0.15) is 0 Å². The molecule has 0 spiro atoms. The average molecular weight is 282 g/mol. The van der Waals surface area contributed by atoms with Gasteiger partial charge in [-0.1, -0.05) is 22.6 Å². The van der Waals surface area contributed by atoms with E-state index in [1.807, 2.05) is 0 Å². The molecule has 1 aromatic rings. The van der Waals surface area contributed by atoms with Crippen molar-refractivity contribution >= 4 is 22.6 Å². The molecular formula is C8H8FIO2. The zero-order chi connectivity index (χ0) is 9.14. The van der Waals surface area contributed by atoms with Gasteiger partial charge < -0.3 is 9.84 Å². The Morgan fingerprint density at radius 1 is 1.58 bits per heavy atom. The third-order valence-corrected chi connectivity index (χ3v) is 2.34. The van der Waals surface area contributed by atoms with Crippen LogP contribution in [0.2, 0.25) is 0 Å². The normalized spacial score (nSPS) is 9.92. The number of phenolic OH excluding ortho intramolecular Hbond substituents is 1. The molecule has 0 unspecified atom stereocenters. The number of phenols is 1. The second kappa shape index (κ2) is 3.93. The van der Waals surface area contributed by atoms with E-state index >= 15 is 0 Å². The van der Waals surface area contributed by atoms with E-state index in [2.05, 4.69) is 22.6 Å². The molecule has 12 heavy (non-hydrogen) atoms. The monoisotopic (exact) mass is 282 g/mol. The number of ether oxygens (including phenoxy) is 1. The molecule has 0 atom stereocenters. The number of aromatic hydroxyl groups is 1. The number of alkyl halides is 1. The second-order valence-corrected chi connectivity index (χ2v) is 3.02. The summed E-state index contributed by atoms with van der Waals surface area (Å²) in [4.78, 5) is 0. The van der Waals surface area contributed by atoms with Crippen LogP contribution < -0.4 is 4.74 Å². The SMILES string of the molecule is COc1cc(CI)cc(F)c1O.